The minimum absolute atomic E-state index is 0.538. The Kier molecular flexibility index (Phi) is 5.30. The van der Waals surface area contributed by atoms with E-state index >= 15 is 0 Å². The minimum atomic E-state index is 0.538. The predicted molar refractivity (Wildman–Crippen MR) is 88.3 cm³/mol. The van der Waals surface area contributed by atoms with Crippen LogP contribution >= 0.6 is 15.9 Å². The largest absolute Gasteiger partial charge is 0.496 e. The molecule has 20 heavy (non-hydrogen) atoms. The van der Waals surface area contributed by atoms with Gasteiger partial charge in [0.05, 0.1) is 13.7 Å². The Morgan fingerprint density at radius 1 is 1.20 bits per heavy atom. The van der Waals surface area contributed by atoms with E-state index in [-0.39, 0.29) is 0 Å². The second-order valence-corrected chi connectivity index (χ2v) is 5.96. The normalized spacial score (nSPS) is 12.4. The SMILES string of the molecule is COc1c(C)cc(OCC(C)CCBr)c2ccccc12. The average molecular weight is 337 g/mol. The van der Waals surface area contributed by atoms with Crippen molar-refractivity contribution in [1.29, 1.82) is 0 Å². The van der Waals surface area contributed by atoms with E-state index in [1.165, 1.54) is 0 Å². The number of rotatable bonds is 6. The van der Waals surface area contributed by atoms with Crippen LogP contribution in [0, 0.1) is 12.8 Å². The van der Waals surface area contributed by atoms with Crippen molar-refractivity contribution < 1.29 is 9.47 Å². The van der Waals surface area contributed by atoms with Crippen LogP contribution in [0.3, 0.4) is 0 Å². The minimum Gasteiger partial charge on any atom is -0.496 e. The van der Waals surface area contributed by atoms with Crippen LogP contribution < -0.4 is 9.47 Å². The van der Waals surface area contributed by atoms with Crippen molar-refractivity contribution in [3.8, 4) is 11.5 Å². The Morgan fingerprint density at radius 3 is 2.55 bits per heavy atom. The first-order valence-corrected chi connectivity index (χ1v) is 8.04. The molecular formula is C17H21BrO2. The molecule has 0 heterocycles. The van der Waals surface area contributed by atoms with Crippen LogP contribution in [0.4, 0.5) is 0 Å². The first kappa shape index (κ1) is 15.2. The zero-order valence-electron chi connectivity index (χ0n) is 12.3. The fraction of sp³-hybridized carbons (Fsp3) is 0.412. The number of ether oxygens (including phenoxy) is 2. The smallest absolute Gasteiger partial charge is 0.129 e. The van der Waals surface area contributed by atoms with Gasteiger partial charge in [0.25, 0.3) is 0 Å². The summed E-state index contributed by atoms with van der Waals surface area (Å²) in [5, 5.41) is 3.24. The molecule has 108 valence electrons. The Balaban J connectivity index is 2.34. The number of hydrogen-bond acceptors (Lipinski definition) is 2. The average Bonchev–Trinajstić information content (AvgIpc) is 2.45. The van der Waals surface area contributed by atoms with Gasteiger partial charge in [0.15, 0.2) is 0 Å². The lowest BCUT2D eigenvalue weighted by Crippen LogP contribution is -2.09. The number of benzene rings is 2. The number of hydrogen-bond donors (Lipinski definition) is 0. The number of fused-ring (bicyclic) bond motifs is 1. The lowest BCUT2D eigenvalue weighted by atomic mass is 10.0. The van der Waals surface area contributed by atoms with Crippen molar-refractivity contribution in [1.82, 2.24) is 0 Å². The van der Waals surface area contributed by atoms with Crippen molar-refractivity contribution >= 4 is 26.7 Å². The molecule has 0 aromatic heterocycles. The molecule has 0 fully saturated rings. The summed E-state index contributed by atoms with van der Waals surface area (Å²) in [5.41, 5.74) is 1.11. The van der Waals surface area contributed by atoms with E-state index in [1.807, 2.05) is 12.1 Å². The maximum absolute atomic E-state index is 6.04. The van der Waals surface area contributed by atoms with Crippen molar-refractivity contribution in [2.45, 2.75) is 20.3 Å². The molecule has 0 saturated heterocycles. The standard InChI is InChI=1S/C17H21BrO2/c1-12(8-9-18)11-20-16-10-13(2)17(19-3)15-7-5-4-6-14(15)16/h4-7,10,12H,8-9,11H2,1-3H3. The van der Waals surface area contributed by atoms with Crippen LogP contribution in [0.15, 0.2) is 30.3 Å². The summed E-state index contributed by atoms with van der Waals surface area (Å²) in [7, 11) is 1.72. The molecule has 2 rings (SSSR count). The van der Waals surface area contributed by atoms with Crippen LogP contribution in [0.2, 0.25) is 0 Å². The predicted octanol–water partition coefficient (Wildman–Crippen LogP) is 4.96. The first-order valence-electron chi connectivity index (χ1n) is 6.92. The number of halogens is 1. The molecule has 1 unspecified atom stereocenters. The highest BCUT2D eigenvalue weighted by atomic mass is 79.9. The van der Waals surface area contributed by atoms with Crippen molar-refractivity contribution in [2.75, 3.05) is 19.0 Å². The third-order valence-corrected chi connectivity index (χ3v) is 3.93. The molecule has 0 aliphatic heterocycles. The summed E-state index contributed by atoms with van der Waals surface area (Å²) in [5.74, 6) is 2.41. The van der Waals surface area contributed by atoms with E-state index < -0.39 is 0 Å². The van der Waals surface area contributed by atoms with Gasteiger partial charge in [-0.1, -0.05) is 47.1 Å². The summed E-state index contributed by atoms with van der Waals surface area (Å²) < 4.78 is 11.6. The van der Waals surface area contributed by atoms with Crippen LogP contribution in [0.25, 0.3) is 10.8 Å². The van der Waals surface area contributed by atoms with Gasteiger partial charge < -0.3 is 9.47 Å². The lowest BCUT2D eigenvalue weighted by Gasteiger charge is -2.16. The molecule has 1 atom stereocenters. The van der Waals surface area contributed by atoms with Crippen molar-refractivity contribution in [2.24, 2.45) is 5.92 Å². The molecule has 0 saturated carbocycles. The molecule has 2 nitrogen and oxygen atoms in total. The van der Waals surface area contributed by atoms with E-state index in [0.29, 0.717) is 5.92 Å². The zero-order chi connectivity index (χ0) is 14.5. The Morgan fingerprint density at radius 2 is 1.90 bits per heavy atom. The van der Waals surface area contributed by atoms with Gasteiger partial charge in [-0.15, -0.1) is 0 Å². The second kappa shape index (κ2) is 6.98. The van der Waals surface area contributed by atoms with Gasteiger partial charge in [-0.05, 0) is 30.9 Å². The molecular weight excluding hydrogens is 316 g/mol. The molecule has 0 N–H and O–H groups in total. The molecule has 0 aliphatic carbocycles. The lowest BCUT2D eigenvalue weighted by molar-refractivity contribution is 0.260. The molecule has 3 heteroatoms. The summed E-state index contributed by atoms with van der Waals surface area (Å²) in [6.07, 6.45) is 1.12. The molecule has 2 aromatic rings. The molecule has 2 aromatic carbocycles. The van der Waals surface area contributed by atoms with E-state index in [2.05, 4.69) is 48.0 Å². The summed E-state index contributed by atoms with van der Waals surface area (Å²) in [4.78, 5) is 0. The van der Waals surface area contributed by atoms with Crippen LogP contribution in [-0.4, -0.2) is 19.0 Å². The van der Waals surface area contributed by atoms with Crippen molar-refractivity contribution in [3.05, 3.63) is 35.9 Å². The van der Waals surface area contributed by atoms with E-state index in [0.717, 1.165) is 46.2 Å². The van der Waals surface area contributed by atoms with Gasteiger partial charge in [-0.25, -0.2) is 0 Å². The molecule has 0 aliphatic rings. The number of aryl methyl sites for hydroxylation is 1. The highest BCUT2D eigenvalue weighted by Crippen LogP contribution is 2.36. The summed E-state index contributed by atoms with van der Waals surface area (Å²) in [6.45, 7) is 5.00. The van der Waals surface area contributed by atoms with Gasteiger partial charge in [-0.3, -0.25) is 0 Å². The fourth-order valence-electron chi connectivity index (χ4n) is 2.34. The Labute approximate surface area is 129 Å². The number of alkyl halides is 1. The highest BCUT2D eigenvalue weighted by Gasteiger charge is 2.11. The fourth-order valence-corrected chi connectivity index (χ4v) is 3.12. The molecule has 0 spiro atoms. The first-order chi connectivity index (χ1) is 9.67. The molecule has 0 bridgehead atoms. The van der Waals surface area contributed by atoms with Crippen molar-refractivity contribution in [3.63, 3.8) is 0 Å². The van der Waals surface area contributed by atoms with Gasteiger partial charge in [0.2, 0.25) is 0 Å². The van der Waals surface area contributed by atoms with Gasteiger partial charge in [0.1, 0.15) is 11.5 Å². The van der Waals surface area contributed by atoms with Crippen LogP contribution in [-0.2, 0) is 0 Å². The maximum Gasteiger partial charge on any atom is 0.129 e. The van der Waals surface area contributed by atoms with E-state index in [4.69, 9.17) is 9.47 Å². The third-order valence-electron chi connectivity index (χ3n) is 3.47. The highest BCUT2D eigenvalue weighted by molar-refractivity contribution is 9.09. The van der Waals surface area contributed by atoms with Crippen LogP contribution in [0.1, 0.15) is 18.9 Å². The Bertz CT molecular complexity index is 580. The van der Waals surface area contributed by atoms with Gasteiger partial charge in [0, 0.05) is 16.1 Å². The van der Waals surface area contributed by atoms with Crippen LogP contribution in [0.5, 0.6) is 11.5 Å². The molecule has 0 radical (unpaired) electrons. The summed E-state index contributed by atoms with van der Waals surface area (Å²) in [6, 6.07) is 10.3. The molecule has 0 amide bonds. The van der Waals surface area contributed by atoms with Gasteiger partial charge >= 0.3 is 0 Å². The quantitative estimate of drug-likeness (QED) is 0.694. The monoisotopic (exact) mass is 336 g/mol. The van der Waals surface area contributed by atoms with E-state index in [1.54, 1.807) is 7.11 Å². The maximum atomic E-state index is 6.04. The topological polar surface area (TPSA) is 18.5 Å². The summed E-state index contributed by atoms with van der Waals surface area (Å²) >= 11 is 3.47. The second-order valence-electron chi connectivity index (χ2n) is 5.16. The zero-order valence-corrected chi connectivity index (χ0v) is 13.9. The number of methoxy groups -OCH3 is 1. The van der Waals surface area contributed by atoms with Gasteiger partial charge in [-0.2, -0.15) is 0 Å². The third kappa shape index (κ3) is 3.26. The van der Waals surface area contributed by atoms with E-state index in [9.17, 15) is 0 Å². The Hall–Kier alpha value is -1.22.